The van der Waals surface area contributed by atoms with Gasteiger partial charge < -0.3 is 10.2 Å². The average Bonchev–Trinajstić information content (AvgIpc) is 2.55. The minimum atomic E-state index is -3.54. The predicted octanol–water partition coefficient (Wildman–Crippen LogP) is 2.28. The van der Waals surface area contributed by atoms with E-state index >= 15 is 0 Å². The molecule has 1 heterocycles. The van der Waals surface area contributed by atoms with E-state index in [-0.39, 0.29) is 11.4 Å². The molecule has 2 fully saturated rings. The number of nitrogens with one attached hydrogen (secondary N) is 1. The molecular formula is C18H27N3O3S. The summed E-state index contributed by atoms with van der Waals surface area (Å²) in [7, 11) is -1.47. The highest BCUT2D eigenvalue weighted by atomic mass is 32.2. The lowest BCUT2D eigenvalue weighted by atomic mass is 9.80. The summed E-state index contributed by atoms with van der Waals surface area (Å²) in [6.45, 7) is 3.52. The van der Waals surface area contributed by atoms with Crippen LogP contribution in [0.2, 0.25) is 0 Å². The Balaban J connectivity index is 1.90. The number of sulfonamides is 1. The van der Waals surface area contributed by atoms with Gasteiger partial charge in [-0.25, -0.2) is 8.42 Å². The van der Waals surface area contributed by atoms with Crippen LogP contribution < -0.4 is 5.32 Å². The van der Waals surface area contributed by atoms with E-state index in [4.69, 9.17) is 0 Å². The molecule has 1 N–H and O–H groups in total. The number of carbonyl (C=O) groups excluding carboxylic acids is 1. The Bertz CT molecular complexity index is 724. The fourth-order valence-electron chi connectivity index (χ4n) is 4.19. The molecule has 25 heavy (non-hydrogen) atoms. The number of hydrogen-bond donors (Lipinski definition) is 1. The second-order valence-corrected chi connectivity index (χ2v) is 9.17. The van der Waals surface area contributed by atoms with Crippen molar-refractivity contribution in [3.05, 3.63) is 24.3 Å². The van der Waals surface area contributed by atoms with Crippen LogP contribution in [0, 0.1) is 0 Å². The first-order valence-electron chi connectivity index (χ1n) is 8.93. The maximum Gasteiger partial charge on any atom is 0.243 e. The smallest absolute Gasteiger partial charge is 0.243 e. The molecule has 138 valence electrons. The SMILES string of the molecule is CC(=O)Nc1ccc(S(=O)(=O)N2CCN(C)CC23CCCCC3)cc1. The van der Waals surface area contributed by atoms with Crippen LogP contribution in [0.1, 0.15) is 39.0 Å². The number of amides is 1. The molecule has 0 bridgehead atoms. The standard InChI is InChI=1S/C18H27N3O3S/c1-15(22)19-16-6-8-17(9-7-16)25(23,24)21-13-12-20(2)14-18(21)10-4-3-5-11-18/h6-9H,3-5,10-14H2,1-2H3,(H,19,22). The summed E-state index contributed by atoms with van der Waals surface area (Å²) in [6, 6.07) is 6.49. The number of likely N-dealkylation sites (N-methyl/N-ethyl adjacent to an activating group) is 1. The molecule has 1 aliphatic carbocycles. The first kappa shape index (κ1) is 18.4. The van der Waals surface area contributed by atoms with Crippen molar-refractivity contribution in [1.82, 2.24) is 9.21 Å². The highest BCUT2D eigenvalue weighted by Crippen LogP contribution is 2.39. The van der Waals surface area contributed by atoms with Crippen LogP contribution in [0.3, 0.4) is 0 Å². The van der Waals surface area contributed by atoms with Gasteiger partial charge in [0.05, 0.1) is 4.90 Å². The number of hydrogen-bond acceptors (Lipinski definition) is 4. The van der Waals surface area contributed by atoms with Crippen molar-refractivity contribution in [2.75, 3.05) is 32.0 Å². The number of rotatable bonds is 3. The molecule has 0 unspecified atom stereocenters. The molecule has 0 aromatic heterocycles. The van der Waals surface area contributed by atoms with Gasteiger partial charge in [-0.15, -0.1) is 0 Å². The van der Waals surface area contributed by atoms with Gasteiger partial charge in [0.2, 0.25) is 15.9 Å². The third-order valence-electron chi connectivity index (χ3n) is 5.33. The lowest BCUT2D eigenvalue weighted by Crippen LogP contribution is -2.63. The summed E-state index contributed by atoms with van der Waals surface area (Å²) in [5.74, 6) is -0.171. The molecule has 1 saturated heterocycles. The predicted molar refractivity (Wildman–Crippen MR) is 98.0 cm³/mol. The largest absolute Gasteiger partial charge is 0.326 e. The number of nitrogens with zero attached hydrogens (tertiary/aromatic N) is 2. The first-order chi connectivity index (χ1) is 11.8. The van der Waals surface area contributed by atoms with Gasteiger partial charge in [0.25, 0.3) is 0 Å². The van der Waals surface area contributed by atoms with Gasteiger partial charge in [0.1, 0.15) is 0 Å². The Kier molecular flexibility index (Phi) is 5.18. The van der Waals surface area contributed by atoms with E-state index in [1.54, 1.807) is 28.6 Å². The van der Waals surface area contributed by atoms with Crippen LogP contribution in [-0.2, 0) is 14.8 Å². The van der Waals surface area contributed by atoms with E-state index in [0.29, 0.717) is 17.1 Å². The van der Waals surface area contributed by atoms with E-state index in [0.717, 1.165) is 38.8 Å². The van der Waals surface area contributed by atoms with Gasteiger partial charge in [-0.1, -0.05) is 19.3 Å². The zero-order valence-electron chi connectivity index (χ0n) is 15.0. The lowest BCUT2D eigenvalue weighted by molar-refractivity contribution is -0.114. The van der Waals surface area contributed by atoms with Crippen LogP contribution in [0.25, 0.3) is 0 Å². The third kappa shape index (κ3) is 3.73. The summed E-state index contributed by atoms with van der Waals surface area (Å²) in [5, 5.41) is 2.67. The quantitative estimate of drug-likeness (QED) is 0.892. The highest BCUT2D eigenvalue weighted by Gasteiger charge is 2.47. The first-order valence-corrected chi connectivity index (χ1v) is 10.4. The molecule has 1 spiro atoms. The van der Waals surface area contributed by atoms with Crippen LogP contribution in [0.5, 0.6) is 0 Å². The minimum Gasteiger partial charge on any atom is -0.326 e. The lowest BCUT2D eigenvalue weighted by Gasteiger charge is -2.51. The molecular weight excluding hydrogens is 338 g/mol. The second-order valence-electron chi connectivity index (χ2n) is 7.31. The van der Waals surface area contributed by atoms with Crippen LogP contribution in [0.15, 0.2) is 29.2 Å². The van der Waals surface area contributed by atoms with Crippen molar-refractivity contribution in [3.8, 4) is 0 Å². The summed E-state index contributed by atoms with van der Waals surface area (Å²) >= 11 is 0. The Morgan fingerprint density at radius 3 is 2.32 bits per heavy atom. The van der Waals surface area contributed by atoms with Crippen LogP contribution in [0.4, 0.5) is 5.69 Å². The number of anilines is 1. The highest BCUT2D eigenvalue weighted by molar-refractivity contribution is 7.89. The van der Waals surface area contributed by atoms with Crippen molar-refractivity contribution in [2.45, 2.75) is 49.5 Å². The molecule has 1 aromatic rings. The van der Waals surface area contributed by atoms with Crippen molar-refractivity contribution in [1.29, 1.82) is 0 Å². The van der Waals surface area contributed by atoms with Gasteiger partial charge in [0.15, 0.2) is 0 Å². The molecule has 1 saturated carbocycles. The molecule has 1 aromatic carbocycles. The zero-order chi connectivity index (χ0) is 18.1. The van der Waals surface area contributed by atoms with E-state index in [2.05, 4.69) is 17.3 Å². The molecule has 6 nitrogen and oxygen atoms in total. The van der Waals surface area contributed by atoms with Gasteiger partial charge in [-0.3, -0.25) is 4.79 Å². The number of benzene rings is 1. The Hall–Kier alpha value is -1.44. The fourth-order valence-corrected chi connectivity index (χ4v) is 6.00. The maximum atomic E-state index is 13.3. The Labute approximate surface area is 150 Å². The van der Waals surface area contributed by atoms with E-state index in [1.807, 2.05) is 0 Å². The van der Waals surface area contributed by atoms with Crippen molar-refractivity contribution < 1.29 is 13.2 Å². The summed E-state index contributed by atoms with van der Waals surface area (Å²) in [5.41, 5.74) is 0.331. The molecule has 3 rings (SSSR count). The minimum absolute atomic E-state index is 0.171. The number of carbonyl (C=O) groups is 1. The Morgan fingerprint density at radius 2 is 1.72 bits per heavy atom. The Morgan fingerprint density at radius 1 is 1.08 bits per heavy atom. The van der Waals surface area contributed by atoms with Crippen LogP contribution in [-0.4, -0.2) is 55.8 Å². The van der Waals surface area contributed by atoms with Crippen molar-refractivity contribution in [2.24, 2.45) is 0 Å². The zero-order valence-corrected chi connectivity index (χ0v) is 15.8. The van der Waals surface area contributed by atoms with Gasteiger partial charge in [-0.05, 0) is 44.2 Å². The number of piperazine rings is 1. The van der Waals surface area contributed by atoms with Gasteiger partial charge >= 0.3 is 0 Å². The normalized spacial score (nSPS) is 22.0. The molecule has 1 aliphatic heterocycles. The van der Waals surface area contributed by atoms with Crippen LogP contribution >= 0.6 is 0 Å². The molecule has 0 atom stereocenters. The summed E-state index contributed by atoms with van der Waals surface area (Å²) in [6.07, 6.45) is 5.22. The van der Waals surface area contributed by atoms with E-state index < -0.39 is 10.0 Å². The van der Waals surface area contributed by atoms with Crippen molar-refractivity contribution >= 4 is 21.6 Å². The summed E-state index contributed by atoms with van der Waals surface area (Å²) in [4.78, 5) is 13.7. The average molecular weight is 365 g/mol. The monoisotopic (exact) mass is 365 g/mol. The maximum absolute atomic E-state index is 13.3. The molecule has 2 aliphatic rings. The third-order valence-corrected chi connectivity index (χ3v) is 7.34. The molecule has 1 amide bonds. The molecule has 7 heteroatoms. The van der Waals surface area contributed by atoms with E-state index in [9.17, 15) is 13.2 Å². The fraction of sp³-hybridized carbons (Fsp3) is 0.611. The summed E-state index contributed by atoms with van der Waals surface area (Å²) < 4.78 is 28.4. The molecule has 0 radical (unpaired) electrons. The topological polar surface area (TPSA) is 69.7 Å². The van der Waals surface area contributed by atoms with Gasteiger partial charge in [0, 0.05) is 37.8 Å². The van der Waals surface area contributed by atoms with Crippen molar-refractivity contribution in [3.63, 3.8) is 0 Å². The second kappa shape index (κ2) is 7.05. The van der Waals surface area contributed by atoms with Gasteiger partial charge in [-0.2, -0.15) is 4.31 Å². The van der Waals surface area contributed by atoms with E-state index in [1.165, 1.54) is 13.3 Å².